The average Bonchev–Trinajstić information content (AvgIpc) is 2.67. The van der Waals surface area contributed by atoms with Crippen molar-refractivity contribution in [2.24, 2.45) is 4.99 Å². The molecule has 0 atom stereocenters. The maximum Gasteiger partial charge on any atom is 0.194 e. The Balaban J connectivity index is 0.00000364. The average molecular weight is 482 g/mol. The van der Waals surface area contributed by atoms with Crippen LogP contribution in [0.2, 0.25) is 0 Å². The SMILES string of the molecule is CCNC(=NCc1cc(C#N)ccc1F)N(C)CCOc1ccccc1.I. The first-order valence-corrected chi connectivity index (χ1v) is 8.50. The second-order valence-corrected chi connectivity index (χ2v) is 5.67. The number of hydrogen-bond acceptors (Lipinski definition) is 3. The van der Waals surface area contributed by atoms with Crippen molar-refractivity contribution in [3.63, 3.8) is 0 Å². The predicted octanol–water partition coefficient (Wildman–Crippen LogP) is 3.79. The zero-order chi connectivity index (χ0) is 18.8. The van der Waals surface area contributed by atoms with Crippen molar-refractivity contribution in [2.45, 2.75) is 13.5 Å². The standard InChI is InChI=1S/C20H23FN4O.HI/c1-3-23-20(24-15-17-13-16(14-22)9-10-19(17)21)25(2)11-12-26-18-7-5-4-6-8-18;/h4-10,13H,3,11-12,15H2,1-2H3,(H,23,24);1H. The van der Waals surface area contributed by atoms with E-state index in [2.05, 4.69) is 10.3 Å². The maximum absolute atomic E-state index is 13.9. The highest BCUT2D eigenvalue weighted by Crippen LogP contribution is 2.12. The first kappa shape index (κ1) is 22.7. The lowest BCUT2D eigenvalue weighted by molar-refractivity contribution is 0.281. The van der Waals surface area contributed by atoms with Crippen LogP contribution in [0.4, 0.5) is 4.39 Å². The molecule has 0 aliphatic rings. The van der Waals surface area contributed by atoms with E-state index < -0.39 is 0 Å². The molecule has 0 saturated carbocycles. The number of hydrogen-bond donors (Lipinski definition) is 1. The summed E-state index contributed by atoms with van der Waals surface area (Å²) < 4.78 is 19.6. The van der Waals surface area contributed by atoms with Crippen molar-refractivity contribution >= 4 is 29.9 Å². The second kappa shape index (κ2) is 12.1. The summed E-state index contributed by atoms with van der Waals surface area (Å²) in [5.41, 5.74) is 0.819. The number of benzene rings is 2. The van der Waals surface area contributed by atoms with E-state index in [0.717, 1.165) is 5.75 Å². The van der Waals surface area contributed by atoms with E-state index in [-0.39, 0.29) is 36.3 Å². The third-order valence-corrected chi connectivity index (χ3v) is 3.71. The molecular weight excluding hydrogens is 458 g/mol. The minimum Gasteiger partial charge on any atom is -0.492 e. The minimum atomic E-state index is -0.362. The molecule has 1 N–H and O–H groups in total. The van der Waals surface area contributed by atoms with Crippen LogP contribution in [-0.2, 0) is 6.54 Å². The molecule has 7 heteroatoms. The van der Waals surface area contributed by atoms with Crippen LogP contribution in [0.5, 0.6) is 5.75 Å². The summed E-state index contributed by atoms with van der Waals surface area (Å²) in [7, 11) is 1.90. The summed E-state index contributed by atoms with van der Waals surface area (Å²) in [6.45, 7) is 3.96. The third-order valence-electron chi connectivity index (χ3n) is 3.71. The molecule has 0 unspecified atom stereocenters. The van der Waals surface area contributed by atoms with Crippen molar-refractivity contribution in [1.29, 1.82) is 5.26 Å². The molecule has 0 saturated heterocycles. The Morgan fingerprint density at radius 2 is 2.00 bits per heavy atom. The highest BCUT2D eigenvalue weighted by Gasteiger charge is 2.08. The number of nitrogens with zero attached hydrogens (tertiary/aromatic N) is 3. The predicted molar refractivity (Wildman–Crippen MR) is 116 cm³/mol. The van der Waals surface area contributed by atoms with Gasteiger partial charge in [-0.2, -0.15) is 5.26 Å². The fourth-order valence-electron chi connectivity index (χ4n) is 2.32. The normalized spacial score (nSPS) is 10.5. The first-order chi connectivity index (χ1) is 12.6. The molecule has 2 rings (SSSR count). The van der Waals surface area contributed by atoms with Gasteiger partial charge in [0.15, 0.2) is 5.96 Å². The highest BCUT2D eigenvalue weighted by atomic mass is 127. The molecule has 5 nitrogen and oxygen atoms in total. The molecule has 0 radical (unpaired) electrons. The van der Waals surface area contributed by atoms with Gasteiger partial charge in [0.1, 0.15) is 18.2 Å². The topological polar surface area (TPSA) is 60.7 Å². The highest BCUT2D eigenvalue weighted by molar-refractivity contribution is 14.0. The fourth-order valence-corrected chi connectivity index (χ4v) is 2.32. The van der Waals surface area contributed by atoms with Crippen molar-refractivity contribution in [3.05, 3.63) is 65.5 Å². The van der Waals surface area contributed by atoms with Crippen LogP contribution in [0.25, 0.3) is 0 Å². The van der Waals surface area contributed by atoms with Gasteiger partial charge in [-0.15, -0.1) is 24.0 Å². The lowest BCUT2D eigenvalue weighted by Gasteiger charge is -2.22. The summed E-state index contributed by atoms with van der Waals surface area (Å²) in [5.74, 6) is 1.11. The summed E-state index contributed by atoms with van der Waals surface area (Å²) in [6, 6.07) is 15.9. The van der Waals surface area contributed by atoms with Gasteiger partial charge in [-0.05, 0) is 37.3 Å². The molecule has 0 aromatic heterocycles. The van der Waals surface area contributed by atoms with E-state index in [4.69, 9.17) is 10.00 Å². The van der Waals surface area contributed by atoms with Gasteiger partial charge in [-0.1, -0.05) is 18.2 Å². The Labute approximate surface area is 176 Å². The molecule has 0 spiro atoms. The van der Waals surface area contributed by atoms with E-state index in [0.29, 0.717) is 36.8 Å². The smallest absolute Gasteiger partial charge is 0.194 e. The minimum absolute atomic E-state index is 0. The van der Waals surface area contributed by atoms with Crippen molar-refractivity contribution < 1.29 is 9.13 Å². The summed E-state index contributed by atoms with van der Waals surface area (Å²) in [6.07, 6.45) is 0. The van der Waals surface area contributed by atoms with Crippen LogP contribution < -0.4 is 10.1 Å². The lowest BCUT2D eigenvalue weighted by atomic mass is 10.1. The largest absolute Gasteiger partial charge is 0.492 e. The molecule has 2 aromatic rings. The molecule has 0 bridgehead atoms. The number of nitrogens with one attached hydrogen (secondary N) is 1. The van der Waals surface area contributed by atoms with E-state index in [1.807, 2.05) is 55.3 Å². The van der Waals surface area contributed by atoms with E-state index in [9.17, 15) is 4.39 Å². The lowest BCUT2D eigenvalue weighted by Crippen LogP contribution is -2.40. The Morgan fingerprint density at radius 1 is 1.26 bits per heavy atom. The molecule has 2 aromatic carbocycles. The van der Waals surface area contributed by atoms with Crippen LogP contribution in [0.1, 0.15) is 18.1 Å². The Hall–Kier alpha value is -2.34. The van der Waals surface area contributed by atoms with Gasteiger partial charge >= 0.3 is 0 Å². The van der Waals surface area contributed by atoms with Crippen LogP contribution in [0.15, 0.2) is 53.5 Å². The van der Waals surface area contributed by atoms with Crippen LogP contribution >= 0.6 is 24.0 Å². The van der Waals surface area contributed by atoms with Gasteiger partial charge in [-0.3, -0.25) is 0 Å². The van der Waals surface area contributed by atoms with Gasteiger partial charge in [0.25, 0.3) is 0 Å². The number of nitriles is 1. The monoisotopic (exact) mass is 482 g/mol. The number of para-hydroxylation sites is 1. The molecule has 0 fully saturated rings. The van der Waals surface area contributed by atoms with Gasteiger partial charge in [0.05, 0.1) is 24.7 Å². The zero-order valence-corrected chi connectivity index (χ0v) is 17.8. The summed E-state index contributed by atoms with van der Waals surface area (Å²) in [4.78, 5) is 6.40. The quantitative estimate of drug-likeness (QED) is 0.371. The van der Waals surface area contributed by atoms with Gasteiger partial charge in [0, 0.05) is 19.2 Å². The van der Waals surface area contributed by atoms with Crippen LogP contribution in [0, 0.1) is 17.1 Å². The van der Waals surface area contributed by atoms with Gasteiger partial charge in [0.2, 0.25) is 0 Å². The van der Waals surface area contributed by atoms with Gasteiger partial charge < -0.3 is 15.0 Å². The molecular formula is C20H24FIN4O. The number of ether oxygens (including phenoxy) is 1. The van der Waals surface area contributed by atoms with Crippen molar-refractivity contribution in [3.8, 4) is 11.8 Å². The zero-order valence-electron chi connectivity index (χ0n) is 15.5. The molecule has 0 aliphatic carbocycles. The first-order valence-electron chi connectivity index (χ1n) is 8.50. The number of guanidine groups is 1. The van der Waals surface area contributed by atoms with Crippen molar-refractivity contribution in [2.75, 3.05) is 26.7 Å². The molecule has 27 heavy (non-hydrogen) atoms. The van der Waals surface area contributed by atoms with Gasteiger partial charge in [-0.25, -0.2) is 9.38 Å². The van der Waals surface area contributed by atoms with Crippen LogP contribution in [-0.4, -0.2) is 37.6 Å². The molecule has 0 heterocycles. The second-order valence-electron chi connectivity index (χ2n) is 5.67. The summed E-state index contributed by atoms with van der Waals surface area (Å²) >= 11 is 0. The number of rotatable bonds is 7. The third kappa shape index (κ3) is 7.43. The van der Waals surface area contributed by atoms with Crippen molar-refractivity contribution in [1.82, 2.24) is 10.2 Å². The fraction of sp³-hybridized carbons (Fsp3) is 0.300. The van der Waals surface area contributed by atoms with E-state index in [1.54, 1.807) is 0 Å². The molecule has 0 aliphatic heterocycles. The Morgan fingerprint density at radius 3 is 2.67 bits per heavy atom. The number of likely N-dealkylation sites (N-methyl/N-ethyl adjacent to an activating group) is 1. The molecule has 144 valence electrons. The Bertz CT molecular complexity index is 777. The van der Waals surface area contributed by atoms with Crippen LogP contribution in [0.3, 0.4) is 0 Å². The summed E-state index contributed by atoms with van der Waals surface area (Å²) in [5, 5.41) is 12.1. The van der Waals surface area contributed by atoms with E-state index in [1.165, 1.54) is 18.2 Å². The number of halogens is 2. The van der Waals surface area contributed by atoms with E-state index >= 15 is 0 Å². The maximum atomic E-state index is 13.9. The number of aliphatic imine (C=N–C) groups is 1. The Kier molecular flexibility index (Phi) is 10.2. The molecule has 0 amide bonds.